The highest BCUT2D eigenvalue weighted by Crippen LogP contribution is 2.38. The van der Waals surface area contributed by atoms with E-state index < -0.39 is 12.3 Å². The number of unbranched alkanes of at least 4 members (excludes halogenated alkanes) is 2. The van der Waals surface area contributed by atoms with Crippen LogP contribution in [-0.4, -0.2) is 25.0 Å². The molecule has 2 aromatic carbocycles. The largest absolute Gasteiger partial charge is 0.573 e. The number of carbonyl (C=O) groups excluding carboxylic acids is 1. The highest BCUT2D eigenvalue weighted by atomic mass is 19.4. The van der Waals surface area contributed by atoms with Gasteiger partial charge in [-0.05, 0) is 75.4 Å². The predicted octanol–water partition coefficient (Wildman–Crippen LogP) is 8.40. The van der Waals surface area contributed by atoms with Crippen LogP contribution in [-0.2, 0) is 16.0 Å². The van der Waals surface area contributed by atoms with E-state index in [-0.39, 0.29) is 29.8 Å². The van der Waals surface area contributed by atoms with Gasteiger partial charge in [0, 0.05) is 17.0 Å². The first-order chi connectivity index (χ1) is 17.6. The fourth-order valence-corrected chi connectivity index (χ4v) is 3.88. The smallest absolute Gasteiger partial charge is 0.491 e. The Balaban J connectivity index is 1.73. The molecular formula is C29H33F3O5. The van der Waals surface area contributed by atoms with Gasteiger partial charge in [-0.25, -0.2) is 4.79 Å². The van der Waals surface area contributed by atoms with E-state index in [9.17, 15) is 18.0 Å². The number of carbonyl (C=O) groups is 1. The van der Waals surface area contributed by atoms with Gasteiger partial charge in [-0.1, -0.05) is 32.4 Å². The van der Waals surface area contributed by atoms with Crippen LogP contribution < -0.4 is 9.47 Å². The molecule has 1 heterocycles. The molecular weight excluding hydrogens is 485 g/mol. The Kier molecular flexibility index (Phi) is 9.66. The highest BCUT2D eigenvalue weighted by molar-refractivity contribution is 5.87. The Morgan fingerprint density at radius 2 is 1.86 bits per heavy atom. The van der Waals surface area contributed by atoms with Crippen molar-refractivity contribution in [3.8, 4) is 22.8 Å². The SMILES string of the molecule is C=C(C)C(=O)OCCCC(C)Oc1ccc2cc(-c3ccc(CCCCC)cc3OC(F)(F)F)oc2c1. The van der Waals surface area contributed by atoms with Gasteiger partial charge in [0.25, 0.3) is 0 Å². The number of halogens is 3. The van der Waals surface area contributed by atoms with Crippen LogP contribution >= 0.6 is 0 Å². The second-order valence-electron chi connectivity index (χ2n) is 9.13. The molecule has 3 aromatic rings. The molecule has 8 heteroatoms. The monoisotopic (exact) mass is 518 g/mol. The van der Waals surface area contributed by atoms with Gasteiger partial charge >= 0.3 is 12.3 Å². The number of ether oxygens (including phenoxy) is 3. The van der Waals surface area contributed by atoms with E-state index in [4.69, 9.17) is 13.9 Å². The number of hydrogen-bond donors (Lipinski definition) is 0. The average Bonchev–Trinajstić information content (AvgIpc) is 3.24. The van der Waals surface area contributed by atoms with Gasteiger partial charge in [-0.15, -0.1) is 13.2 Å². The number of rotatable bonds is 13. The van der Waals surface area contributed by atoms with E-state index in [1.165, 1.54) is 6.07 Å². The molecule has 0 aliphatic rings. The number of fused-ring (bicyclic) bond motifs is 1. The molecule has 3 rings (SSSR count). The summed E-state index contributed by atoms with van der Waals surface area (Å²) >= 11 is 0. The lowest BCUT2D eigenvalue weighted by molar-refractivity contribution is -0.274. The maximum absolute atomic E-state index is 13.1. The van der Waals surface area contributed by atoms with Crippen LogP contribution in [0.2, 0.25) is 0 Å². The lowest BCUT2D eigenvalue weighted by Gasteiger charge is -2.14. The summed E-state index contributed by atoms with van der Waals surface area (Å²) in [6.45, 7) is 9.39. The van der Waals surface area contributed by atoms with Gasteiger partial charge < -0.3 is 18.6 Å². The average molecular weight is 519 g/mol. The van der Waals surface area contributed by atoms with E-state index in [1.807, 2.05) is 13.0 Å². The molecule has 0 bridgehead atoms. The summed E-state index contributed by atoms with van der Waals surface area (Å²) in [4.78, 5) is 11.4. The first-order valence-corrected chi connectivity index (χ1v) is 12.5. The van der Waals surface area contributed by atoms with Crippen LogP contribution in [0, 0.1) is 0 Å². The second kappa shape index (κ2) is 12.7. The number of alkyl halides is 3. The van der Waals surface area contributed by atoms with E-state index in [1.54, 1.807) is 37.3 Å². The van der Waals surface area contributed by atoms with Crippen LogP contribution in [0.3, 0.4) is 0 Å². The van der Waals surface area contributed by atoms with Gasteiger partial charge in [-0.2, -0.15) is 0 Å². The standard InChI is InChI=1S/C29H33F3O5/c1-5-6-7-10-21-11-14-24(27(16-21)37-29(30,31)32)26-17-22-12-13-23(18-25(22)36-26)35-20(4)9-8-15-34-28(33)19(2)3/h11-14,16-18,20H,2,5-10,15H2,1,3-4H3. The first kappa shape index (κ1) is 28.2. The lowest BCUT2D eigenvalue weighted by Crippen LogP contribution is -2.17. The van der Waals surface area contributed by atoms with Crippen LogP contribution in [0.5, 0.6) is 11.5 Å². The summed E-state index contributed by atoms with van der Waals surface area (Å²) < 4.78 is 60.8. The minimum absolute atomic E-state index is 0.151. The maximum atomic E-state index is 13.1. The number of aryl methyl sites for hydroxylation is 1. The zero-order valence-electron chi connectivity index (χ0n) is 21.5. The molecule has 0 N–H and O–H groups in total. The fraction of sp³-hybridized carbons (Fsp3) is 0.414. The molecule has 5 nitrogen and oxygen atoms in total. The fourth-order valence-electron chi connectivity index (χ4n) is 3.88. The third-order valence-corrected chi connectivity index (χ3v) is 5.77. The third-order valence-electron chi connectivity index (χ3n) is 5.77. The molecule has 0 aliphatic carbocycles. The summed E-state index contributed by atoms with van der Waals surface area (Å²) in [5.74, 6) is 0.150. The van der Waals surface area contributed by atoms with E-state index in [2.05, 4.69) is 18.2 Å². The Morgan fingerprint density at radius 3 is 2.57 bits per heavy atom. The zero-order valence-corrected chi connectivity index (χ0v) is 21.5. The molecule has 0 saturated carbocycles. The van der Waals surface area contributed by atoms with Crippen molar-refractivity contribution in [2.75, 3.05) is 6.61 Å². The molecule has 0 spiro atoms. The molecule has 200 valence electrons. The van der Waals surface area contributed by atoms with E-state index in [0.29, 0.717) is 36.2 Å². The number of furan rings is 1. The third kappa shape index (κ3) is 8.58. The Labute approximate surface area is 215 Å². The topological polar surface area (TPSA) is 57.9 Å². The second-order valence-corrected chi connectivity index (χ2v) is 9.13. The van der Waals surface area contributed by atoms with Gasteiger partial charge in [-0.3, -0.25) is 0 Å². The van der Waals surface area contributed by atoms with Crippen LogP contribution in [0.4, 0.5) is 13.2 Å². The van der Waals surface area contributed by atoms with Gasteiger partial charge in [0.15, 0.2) is 0 Å². The number of hydrogen-bond acceptors (Lipinski definition) is 5. The number of esters is 1. The molecule has 37 heavy (non-hydrogen) atoms. The number of benzene rings is 2. The Morgan fingerprint density at radius 1 is 1.08 bits per heavy atom. The van der Waals surface area contributed by atoms with E-state index >= 15 is 0 Å². The van der Waals surface area contributed by atoms with Gasteiger partial charge in [0.05, 0.1) is 18.3 Å². The van der Waals surface area contributed by atoms with Crippen molar-refractivity contribution in [2.45, 2.75) is 71.8 Å². The predicted molar refractivity (Wildman–Crippen MR) is 137 cm³/mol. The van der Waals surface area contributed by atoms with Crippen LogP contribution in [0.15, 0.2) is 59.0 Å². The molecule has 0 aliphatic heterocycles. The van der Waals surface area contributed by atoms with Gasteiger partial charge in [0.1, 0.15) is 22.8 Å². The van der Waals surface area contributed by atoms with Crippen molar-refractivity contribution in [1.82, 2.24) is 0 Å². The molecule has 0 amide bonds. The van der Waals surface area contributed by atoms with Crippen molar-refractivity contribution >= 4 is 16.9 Å². The molecule has 0 saturated heterocycles. The minimum atomic E-state index is -4.82. The normalized spacial score (nSPS) is 12.4. The zero-order chi connectivity index (χ0) is 27.0. The summed E-state index contributed by atoms with van der Waals surface area (Å²) in [5, 5.41) is 0.728. The summed E-state index contributed by atoms with van der Waals surface area (Å²) in [6, 6.07) is 11.8. The molecule has 1 aromatic heterocycles. The minimum Gasteiger partial charge on any atom is -0.491 e. The summed E-state index contributed by atoms with van der Waals surface area (Å²) in [6.07, 6.45) is -0.0719. The molecule has 0 fully saturated rings. The Hall–Kier alpha value is -3.42. The van der Waals surface area contributed by atoms with Gasteiger partial charge in [0.2, 0.25) is 0 Å². The molecule has 1 unspecified atom stereocenters. The Bertz CT molecular complexity index is 1210. The highest BCUT2D eigenvalue weighted by Gasteiger charge is 2.33. The quantitative estimate of drug-likeness (QED) is 0.129. The van der Waals surface area contributed by atoms with Crippen LogP contribution in [0.1, 0.15) is 58.4 Å². The molecule has 1 atom stereocenters. The van der Waals surface area contributed by atoms with E-state index in [0.717, 1.165) is 30.2 Å². The van der Waals surface area contributed by atoms with Crippen molar-refractivity contribution in [1.29, 1.82) is 0 Å². The van der Waals surface area contributed by atoms with Crippen molar-refractivity contribution in [2.24, 2.45) is 0 Å². The van der Waals surface area contributed by atoms with Crippen molar-refractivity contribution in [3.63, 3.8) is 0 Å². The summed E-state index contributed by atoms with van der Waals surface area (Å²) in [5.41, 5.74) is 1.86. The van der Waals surface area contributed by atoms with Crippen molar-refractivity contribution < 1.29 is 36.6 Å². The van der Waals surface area contributed by atoms with Crippen LogP contribution in [0.25, 0.3) is 22.3 Å². The first-order valence-electron chi connectivity index (χ1n) is 12.5. The maximum Gasteiger partial charge on any atom is 0.573 e. The lowest BCUT2D eigenvalue weighted by atomic mass is 10.0. The molecule has 0 radical (unpaired) electrons. The van der Waals surface area contributed by atoms with Crippen molar-refractivity contribution in [3.05, 3.63) is 60.2 Å². The summed E-state index contributed by atoms with van der Waals surface area (Å²) in [7, 11) is 0.